The van der Waals surface area contributed by atoms with E-state index in [4.69, 9.17) is 18.9 Å². The molecule has 0 amide bonds. The number of fused-ring (bicyclic) bond motifs is 4. The third-order valence-corrected chi connectivity index (χ3v) is 15.5. The molecule has 1 aliphatic carbocycles. The Labute approximate surface area is 263 Å². The summed E-state index contributed by atoms with van der Waals surface area (Å²) in [5, 5.41) is 0.0241. The van der Waals surface area contributed by atoms with Crippen LogP contribution in [0.1, 0.15) is 119 Å². The fourth-order valence-corrected chi connectivity index (χ4v) is 8.79. The lowest BCUT2D eigenvalue weighted by Crippen LogP contribution is -2.47. The molecule has 1 fully saturated rings. The lowest BCUT2D eigenvalue weighted by molar-refractivity contribution is -0.141. The third-order valence-electron chi connectivity index (χ3n) is 9.66. The average Bonchev–Trinajstić information content (AvgIpc) is 3.18. The zero-order valence-electron chi connectivity index (χ0n) is 26.2. The van der Waals surface area contributed by atoms with Crippen LogP contribution in [0.4, 0.5) is 13.2 Å². The molecule has 3 unspecified atom stereocenters. The topological polar surface area (TPSA) is 53.5 Å². The minimum Gasteiger partial charge on any atom is -0.410 e. The van der Waals surface area contributed by atoms with E-state index in [-0.39, 0.29) is 26.4 Å². The van der Waals surface area contributed by atoms with Crippen molar-refractivity contribution in [2.75, 3.05) is 13.2 Å². The summed E-state index contributed by atoms with van der Waals surface area (Å²) in [7, 11) is -2.19. The number of nitrogens with zero attached hydrogens (tertiary/aromatic N) is 2. The van der Waals surface area contributed by atoms with Crippen LogP contribution in [0.5, 0.6) is 0 Å². The highest BCUT2D eigenvalue weighted by Crippen LogP contribution is 2.60. The van der Waals surface area contributed by atoms with Crippen molar-refractivity contribution in [1.82, 2.24) is 9.97 Å². The number of halogens is 4. The summed E-state index contributed by atoms with van der Waals surface area (Å²) < 4.78 is 60.6. The largest absolute Gasteiger partial charge is 0.433 e. The summed E-state index contributed by atoms with van der Waals surface area (Å²) in [6.07, 6.45) is -1.55. The van der Waals surface area contributed by atoms with Crippen LogP contribution in [0, 0.1) is 5.41 Å². The quantitative estimate of drug-likeness (QED) is 0.180. The third kappa shape index (κ3) is 5.60. The van der Waals surface area contributed by atoms with Gasteiger partial charge < -0.3 is 13.9 Å². The number of hydrogen-bond acceptors (Lipinski definition) is 5. The molecule has 0 aromatic carbocycles. The minimum absolute atomic E-state index is 0.00170. The normalized spacial score (nSPS) is 27.8. The van der Waals surface area contributed by atoms with Gasteiger partial charge in [-0.05, 0) is 48.4 Å². The molecule has 3 aliphatic rings. The summed E-state index contributed by atoms with van der Waals surface area (Å²) in [5.41, 5.74) is 4.32. The molecule has 1 spiro atoms. The molecule has 0 N–H and O–H groups in total. The van der Waals surface area contributed by atoms with Gasteiger partial charge in [0.25, 0.3) is 0 Å². The van der Waals surface area contributed by atoms with Crippen LogP contribution in [0.25, 0.3) is 0 Å². The summed E-state index contributed by atoms with van der Waals surface area (Å²) in [6.45, 7) is 21.3. The molecular formula is C32H44F3IN2O3Si. The van der Waals surface area contributed by atoms with E-state index < -0.39 is 31.9 Å². The maximum Gasteiger partial charge on any atom is 0.433 e. The molecule has 0 bridgehead atoms. The molecule has 2 aliphatic heterocycles. The van der Waals surface area contributed by atoms with Gasteiger partial charge in [0.15, 0.2) is 8.32 Å². The fourth-order valence-electron chi connectivity index (χ4n) is 6.50. The van der Waals surface area contributed by atoms with E-state index in [9.17, 15) is 13.2 Å². The maximum absolute atomic E-state index is 13.4. The van der Waals surface area contributed by atoms with Gasteiger partial charge in [-0.1, -0.05) is 77.1 Å². The molecule has 232 valence electrons. The molecule has 4 heterocycles. The van der Waals surface area contributed by atoms with Crippen LogP contribution in [-0.2, 0) is 32.1 Å². The van der Waals surface area contributed by atoms with Crippen molar-refractivity contribution >= 4 is 30.9 Å². The van der Waals surface area contributed by atoms with Crippen molar-refractivity contribution in [3.63, 3.8) is 0 Å². The van der Waals surface area contributed by atoms with E-state index in [0.717, 1.165) is 47.0 Å². The van der Waals surface area contributed by atoms with Gasteiger partial charge in [0, 0.05) is 52.9 Å². The summed E-state index contributed by atoms with van der Waals surface area (Å²) in [5.74, 6) is 0.0880. The van der Waals surface area contributed by atoms with Crippen LogP contribution in [-0.4, -0.2) is 35.4 Å². The Morgan fingerprint density at radius 3 is 2.36 bits per heavy atom. The monoisotopic (exact) mass is 716 g/mol. The lowest BCUT2D eigenvalue weighted by Gasteiger charge is -2.47. The van der Waals surface area contributed by atoms with Gasteiger partial charge in [0.1, 0.15) is 17.4 Å². The molecule has 2 aromatic heterocycles. The van der Waals surface area contributed by atoms with Gasteiger partial charge in [-0.25, -0.2) is 0 Å². The Balaban J connectivity index is 1.79. The van der Waals surface area contributed by atoms with Gasteiger partial charge in [0.2, 0.25) is 0 Å². The van der Waals surface area contributed by atoms with Crippen molar-refractivity contribution in [2.24, 2.45) is 5.41 Å². The minimum atomic E-state index is -4.51. The van der Waals surface area contributed by atoms with Gasteiger partial charge in [-0.3, -0.25) is 9.97 Å². The zero-order valence-corrected chi connectivity index (χ0v) is 29.4. The lowest BCUT2D eigenvalue weighted by atomic mass is 9.70. The maximum atomic E-state index is 13.4. The van der Waals surface area contributed by atoms with Crippen molar-refractivity contribution < 1.29 is 27.1 Å². The predicted octanol–water partition coefficient (Wildman–Crippen LogP) is 9.19. The van der Waals surface area contributed by atoms with E-state index in [0.29, 0.717) is 25.2 Å². The molecule has 5 rings (SSSR count). The number of aromatic nitrogens is 2. The molecule has 0 saturated carbocycles. The highest BCUT2D eigenvalue weighted by Gasteiger charge is 2.57. The number of pyridine rings is 2. The van der Waals surface area contributed by atoms with Crippen molar-refractivity contribution in [1.29, 1.82) is 0 Å². The molecule has 0 radical (unpaired) electrons. The first kappa shape index (κ1) is 32.3. The fraction of sp³-hybridized carbons (Fsp3) is 0.688. The number of hydrogen-bond donors (Lipinski definition) is 0. The van der Waals surface area contributed by atoms with Gasteiger partial charge >= 0.3 is 6.18 Å². The SMILES string of the molecule is CC(C)c1nc2c(c3c1[C@@H](c1ccc(C(F)(F)F)nc1)OC31CCOCC1I)C(O[Si](C)(C)C(C)(C)C)CC(C)(C)C2. The Kier molecular flexibility index (Phi) is 8.29. The highest BCUT2D eigenvalue weighted by molar-refractivity contribution is 14.1. The van der Waals surface area contributed by atoms with Crippen LogP contribution in [0.15, 0.2) is 18.3 Å². The molecule has 2 aromatic rings. The number of ether oxygens (including phenoxy) is 2. The second kappa shape index (κ2) is 10.8. The Bertz CT molecular complexity index is 1340. The molecule has 42 heavy (non-hydrogen) atoms. The standard InChI is InChI=1S/C32H44F3IN2O3Si/c1-18(2)27-25-26(24-20(38-27)14-30(6,7)15-21(24)41-42(8,9)29(3,4)5)31(12-13-39-17-22(31)36)40-28(25)19-10-11-23(37-16-19)32(33,34)35/h10-11,16,18,21-22,28H,12-15,17H2,1-9H3/t21?,22?,28-,31?/m1/s1. The van der Waals surface area contributed by atoms with Crippen molar-refractivity contribution in [3.05, 3.63) is 57.7 Å². The smallest absolute Gasteiger partial charge is 0.410 e. The Morgan fingerprint density at radius 2 is 1.81 bits per heavy atom. The summed E-state index contributed by atoms with van der Waals surface area (Å²) in [4.78, 5) is 9.20. The van der Waals surface area contributed by atoms with Crippen LogP contribution in [0.3, 0.4) is 0 Å². The highest BCUT2D eigenvalue weighted by atomic mass is 127. The van der Waals surface area contributed by atoms with E-state index in [1.54, 1.807) is 0 Å². The molecule has 4 atom stereocenters. The van der Waals surface area contributed by atoms with Crippen LogP contribution >= 0.6 is 22.6 Å². The van der Waals surface area contributed by atoms with Crippen LogP contribution in [0.2, 0.25) is 18.1 Å². The van der Waals surface area contributed by atoms with Crippen molar-refractivity contribution in [3.8, 4) is 0 Å². The summed E-state index contributed by atoms with van der Waals surface area (Å²) >= 11 is 2.45. The van der Waals surface area contributed by atoms with E-state index >= 15 is 0 Å². The van der Waals surface area contributed by atoms with Crippen LogP contribution < -0.4 is 0 Å². The van der Waals surface area contributed by atoms with E-state index in [1.807, 2.05) is 0 Å². The van der Waals surface area contributed by atoms with Gasteiger partial charge in [0.05, 0.1) is 16.6 Å². The zero-order chi connectivity index (χ0) is 31.0. The number of alkyl halides is 4. The second-order valence-electron chi connectivity index (χ2n) is 14.9. The molecular weight excluding hydrogens is 672 g/mol. The van der Waals surface area contributed by atoms with Crippen molar-refractivity contribution in [2.45, 2.75) is 120 Å². The molecule has 1 saturated heterocycles. The summed E-state index contributed by atoms with van der Waals surface area (Å²) in [6, 6.07) is 2.57. The second-order valence-corrected chi connectivity index (χ2v) is 21.1. The van der Waals surface area contributed by atoms with Gasteiger partial charge in [-0.15, -0.1) is 0 Å². The average molecular weight is 717 g/mol. The first-order chi connectivity index (χ1) is 19.3. The van der Waals surface area contributed by atoms with E-state index in [1.165, 1.54) is 12.3 Å². The first-order valence-corrected chi connectivity index (χ1v) is 19.1. The Morgan fingerprint density at radius 1 is 1.12 bits per heavy atom. The predicted molar refractivity (Wildman–Crippen MR) is 169 cm³/mol. The number of rotatable bonds is 4. The Hall–Kier alpha value is -1.08. The van der Waals surface area contributed by atoms with E-state index in [2.05, 4.69) is 89.1 Å². The van der Waals surface area contributed by atoms with Gasteiger partial charge in [-0.2, -0.15) is 13.2 Å². The molecule has 10 heteroatoms. The molecule has 5 nitrogen and oxygen atoms in total. The first-order valence-electron chi connectivity index (χ1n) is 14.9.